The molecule has 0 unspecified atom stereocenters. The molecule has 0 bridgehead atoms. The summed E-state index contributed by atoms with van der Waals surface area (Å²) in [6.45, 7) is 2.21. The van der Waals surface area contributed by atoms with Crippen molar-refractivity contribution in [2.45, 2.75) is 26.2 Å². The van der Waals surface area contributed by atoms with Crippen LogP contribution in [0, 0.1) is 0 Å². The Morgan fingerprint density at radius 2 is 1.87 bits per heavy atom. The van der Waals surface area contributed by atoms with Crippen molar-refractivity contribution < 1.29 is 4.42 Å². The zero-order chi connectivity index (χ0) is 10.5. The smallest absolute Gasteiger partial charge is 0.137 e. The average molecular weight is 200 g/mol. The van der Waals surface area contributed by atoms with E-state index in [-0.39, 0.29) is 0 Å². The fourth-order valence-corrected chi connectivity index (χ4v) is 1.74. The molecule has 0 radical (unpaired) electrons. The molecule has 78 valence electrons. The van der Waals surface area contributed by atoms with Crippen molar-refractivity contribution in [1.82, 2.24) is 0 Å². The largest absolute Gasteiger partial charge is 0.464 e. The van der Waals surface area contributed by atoms with Crippen LogP contribution in [0.1, 0.15) is 25.3 Å². The Kier molecular flexibility index (Phi) is 3.23. The molecule has 0 saturated carbocycles. The zero-order valence-corrected chi connectivity index (χ0v) is 9.07. The van der Waals surface area contributed by atoms with Crippen molar-refractivity contribution in [1.29, 1.82) is 0 Å². The van der Waals surface area contributed by atoms with E-state index < -0.39 is 0 Å². The summed E-state index contributed by atoms with van der Waals surface area (Å²) in [7, 11) is 0. The highest BCUT2D eigenvalue weighted by Gasteiger charge is 2.07. The maximum absolute atomic E-state index is 5.55. The molecular formula is C14H16O. The molecule has 0 aliphatic carbocycles. The van der Waals surface area contributed by atoms with Gasteiger partial charge in [0, 0.05) is 5.56 Å². The molecule has 15 heavy (non-hydrogen) atoms. The van der Waals surface area contributed by atoms with Crippen LogP contribution in [-0.4, -0.2) is 0 Å². The zero-order valence-electron chi connectivity index (χ0n) is 9.07. The van der Waals surface area contributed by atoms with Gasteiger partial charge in [-0.05, 0) is 24.5 Å². The predicted molar refractivity (Wildman–Crippen MR) is 62.8 cm³/mol. The maximum Gasteiger partial charge on any atom is 0.137 e. The highest BCUT2D eigenvalue weighted by Crippen LogP contribution is 2.25. The van der Waals surface area contributed by atoms with E-state index in [0.29, 0.717) is 0 Å². The number of furan rings is 1. The first-order valence-electron chi connectivity index (χ1n) is 5.53. The molecule has 0 aliphatic rings. The Morgan fingerprint density at radius 1 is 1.07 bits per heavy atom. The van der Waals surface area contributed by atoms with Crippen molar-refractivity contribution >= 4 is 0 Å². The summed E-state index contributed by atoms with van der Waals surface area (Å²) in [5, 5.41) is 0. The normalized spacial score (nSPS) is 10.5. The number of unbranched alkanes of at least 4 members (excludes halogenated alkanes) is 1. The van der Waals surface area contributed by atoms with Crippen molar-refractivity contribution in [2.75, 3.05) is 0 Å². The van der Waals surface area contributed by atoms with Crippen LogP contribution in [0.5, 0.6) is 0 Å². The second kappa shape index (κ2) is 4.83. The molecule has 0 atom stereocenters. The Morgan fingerprint density at radius 3 is 2.60 bits per heavy atom. The van der Waals surface area contributed by atoms with E-state index in [9.17, 15) is 0 Å². The van der Waals surface area contributed by atoms with E-state index in [1.807, 2.05) is 18.2 Å². The molecule has 0 fully saturated rings. The van der Waals surface area contributed by atoms with Gasteiger partial charge in [0.1, 0.15) is 5.76 Å². The summed E-state index contributed by atoms with van der Waals surface area (Å²) < 4.78 is 5.55. The second-order valence-corrected chi connectivity index (χ2v) is 3.74. The topological polar surface area (TPSA) is 13.1 Å². The molecule has 0 aliphatic heterocycles. The van der Waals surface area contributed by atoms with E-state index in [0.717, 1.165) is 12.2 Å². The Bertz CT molecular complexity index is 400. The lowest BCUT2D eigenvalue weighted by atomic mass is 10.0. The Balaban J connectivity index is 2.25. The van der Waals surface area contributed by atoms with Gasteiger partial charge in [-0.15, -0.1) is 0 Å². The number of benzene rings is 1. The van der Waals surface area contributed by atoms with Crippen LogP contribution in [0.15, 0.2) is 47.1 Å². The quantitative estimate of drug-likeness (QED) is 0.717. The minimum absolute atomic E-state index is 1.03. The van der Waals surface area contributed by atoms with Gasteiger partial charge in [-0.3, -0.25) is 0 Å². The van der Waals surface area contributed by atoms with Gasteiger partial charge in [0.15, 0.2) is 0 Å². The van der Waals surface area contributed by atoms with Crippen molar-refractivity contribution in [3.05, 3.63) is 48.2 Å². The van der Waals surface area contributed by atoms with Gasteiger partial charge in [0.2, 0.25) is 0 Å². The first-order chi connectivity index (χ1) is 7.42. The Labute approximate surface area is 90.7 Å². The lowest BCUT2D eigenvalue weighted by molar-refractivity contribution is 0.578. The monoisotopic (exact) mass is 200 g/mol. The molecule has 0 saturated heterocycles. The van der Waals surface area contributed by atoms with Crippen LogP contribution < -0.4 is 0 Å². The van der Waals surface area contributed by atoms with Gasteiger partial charge in [0.05, 0.1) is 6.26 Å². The van der Waals surface area contributed by atoms with Crippen LogP contribution in [0.25, 0.3) is 11.3 Å². The number of hydrogen-bond donors (Lipinski definition) is 0. The third-order valence-corrected chi connectivity index (χ3v) is 2.58. The highest BCUT2D eigenvalue weighted by molar-refractivity contribution is 5.61. The van der Waals surface area contributed by atoms with Gasteiger partial charge in [0.25, 0.3) is 0 Å². The number of rotatable bonds is 4. The SMILES string of the molecule is CCCCc1ccoc1-c1ccccc1. The standard InChI is InChI=1S/C14H16O/c1-2-3-7-13-10-11-15-14(13)12-8-5-4-6-9-12/h4-6,8-11H,2-3,7H2,1H3. The van der Waals surface area contributed by atoms with Crippen molar-refractivity contribution in [3.63, 3.8) is 0 Å². The summed E-state index contributed by atoms with van der Waals surface area (Å²) >= 11 is 0. The lowest BCUT2D eigenvalue weighted by Crippen LogP contribution is -1.85. The summed E-state index contributed by atoms with van der Waals surface area (Å²) in [5.74, 6) is 1.03. The van der Waals surface area contributed by atoms with Crippen LogP contribution in [0.2, 0.25) is 0 Å². The van der Waals surface area contributed by atoms with E-state index in [2.05, 4.69) is 25.1 Å². The lowest BCUT2D eigenvalue weighted by Gasteiger charge is -2.01. The third-order valence-electron chi connectivity index (χ3n) is 2.58. The molecule has 1 aromatic heterocycles. The summed E-state index contributed by atoms with van der Waals surface area (Å²) in [4.78, 5) is 0. The first kappa shape index (κ1) is 10.0. The average Bonchev–Trinajstić information content (AvgIpc) is 2.75. The summed E-state index contributed by atoms with van der Waals surface area (Å²) in [5.41, 5.74) is 2.50. The van der Waals surface area contributed by atoms with Crippen molar-refractivity contribution in [3.8, 4) is 11.3 Å². The molecule has 1 heteroatoms. The Hall–Kier alpha value is -1.50. The maximum atomic E-state index is 5.55. The van der Waals surface area contributed by atoms with Crippen molar-refractivity contribution in [2.24, 2.45) is 0 Å². The van der Waals surface area contributed by atoms with Gasteiger partial charge < -0.3 is 4.42 Å². The summed E-state index contributed by atoms with van der Waals surface area (Å²) in [6, 6.07) is 12.4. The van der Waals surface area contributed by atoms with Crippen LogP contribution in [0.4, 0.5) is 0 Å². The van der Waals surface area contributed by atoms with E-state index in [1.54, 1.807) is 6.26 Å². The van der Waals surface area contributed by atoms with Crippen LogP contribution in [0.3, 0.4) is 0 Å². The highest BCUT2D eigenvalue weighted by atomic mass is 16.3. The van der Waals surface area contributed by atoms with E-state index in [1.165, 1.54) is 24.0 Å². The number of aryl methyl sites for hydroxylation is 1. The van der Waals surface area contributed by atoms with Gasteiger partial charge in [-0.25, -0.2) is 0 Å². The molecule has 2 aromatic rings. The molecule has 0 amide bonds. The van der Waals surface area contributed by atoms with Gasteiger partial charge >= 0.3 is 0 Å². The summed E-state index contributed by atoms with van der Waals surface area (Å²) in [6.07, 6.45) is 5.34. The van der Waals surface area contributed by atoms with E-state index >= 15 is 0 Å². The van der Waals surface area contributed by atoms with Crippen LogP contribution in [-0.2, 0) is 6.42 Å². The van der Waals surface area contributed by atoms with E-state index in [4.69, 9.17) is 4.42 Å². The predicted octanol–water partition coefficient (Wildman–Crippen LogP) is 4.29. The molecule has 1 heterocycles. The molecule has 1 nitrogen and oxygen atoms in total. The minimum atomic E-state index is 1.03. The fourth-order valence-electron chi connectivity index (χ4n) is 1.74. The molecule has 2 rings (SSSR count). The molecule has 0 spiro atoms. The first-order valence-corrected chi connectivity index (χ1v) is 5.53. The third kappa shape index (κ3) is 2.30. The molecule has 0 N–H and O–H groups in total. The fraction of sp³-hybridized carbons (Fsp3) is 0.286. The van der Waals surface area contributed by atoms with Gasteiger partial charge in [-0.1, -0.05) is 43.7 Å². The van der Waals surface area contributed by atoms with Crippen LogP contribution >= 0.6 is 0 Å². The number of hydrogen-bond acceptors (Lipinski definition) is 1. The molecule has 1 aromatic carbocycles. The molecular weight excluding hydrogens is 184 g/mol. The second-order valence-electron chi connectivity index (χ2n) is 3.74. The van der Waals surface area contributed by atoms with Gasteiger partial charge in [-0.2, -0.15) is 0 Å². The minimum Gasteiger partial charge on any atom is -0.464 e.